The van der Waals surface area contributed by atoms with Crippen LogP contribution in [0.2, 0.25) is 0 Å². The highest BCUT2D eigenvalue weighted by Gasteiger charge is 2.23. The van der Waals surface area contributed by atoms with Crippen molar-refractivity contribution in [1.82, 2.24) is 4.90 Å². The van der Waals surface area contributed by atoms with Crippen LogP contribution in [0, 0.1) is 5.41 Å². The Morgan fingerprint density at radius 3 is 2.47 bits per heavy atom. The van der Waals surface area contributed by atoms with Crippen LogP contribution in [-0.4, -0.2) is 32.1 Å². The first kappa shape index (κ1) is 16.5. The van der Waals surface area contributed by atoms with E-state index in [-0.39, 0.29) is 11.5 Å². The molecule has 0 amide bonds. The van der Waals surface area contributed by atoms with Gasteiger partial charge in [0.1, 0.15) is 5.75 Å². The summed E-state index contributed by atoms with van der Waals surface area (Å²) in [5.74, 6) is 0.888. The summed E-state index contributed by atoms with van der Waals surface area (Å²) in [4.78, 5) is 2.30. The average Bonchev–Trinajstić information content (AvgIpc) is 2.28. The van der Waals surface area contributed by atoms with Crippen LogP contribution in [-0.2, 0) is 0 Å². The molecule has 3 nitrogen and oxygen atoms in total. The lowest BCUT2D eigenvalue weighted by Crippen LogP contribution is -2.36. The molecule has 1 atom stereocenters. The zero-order valence-corrected chi connectivity index (χ0v) is 14.1. The van der Waals surface area contributed by atoms with Crippen molar-refractivity contribution in [2.75, 3.05) is 27.2 Å². The first-order valence-corrected chi connectivity index (χ1v) is 7.31. The van der Waals surface area contributed by atoms with Crippen molar-refractivity contribution in [3.63, 3.8) is 0 Å². The molecular weight excluding hydrogens is 304 g/mol. The van der Waals surface area contributed by atoms with Gasteiger partial charge in [0.25, 0.3) is 0 Å². The molecule has 0 aliphatic rings. The Bertz CT molecular complexity index is 415. The Morgan fingerprint density at radius 2 is 2.00 bits per heavy atom. The summed E-state index contributed by atoms with van der Waals surface area (Å²) in [6.45, 7) is 8.24. The number of nitrogens with two attached hydrogens (primary N) is 1. The van der Waals surface area contributed by atoms with Crippen molar-refractivity contribution in [3.05, 3.63) is 28.2 Å². The largest absolute Gasteiger partial charge is 0.496 e. The SMILES string of the molecule is COc1ccc(Br)cc1C(CN)N(C)CC(C)(C)C. The number of benzene rings is 1. The molecule has 1 unspecified atom stereocenters. The monoisotopic (exact) mass is 328 g/mol. The molecule has 0 spiro atoms. The maximum Gasteiger partial charge on any atom is 0.123 e. The van der Waals surface area contributed by atoms with Crippen molar-refractivity contribution in [2.45, 2.75) is 26.8 Å². The van der Waals surface area contributed by atoms with Gasteiger partial charge in [0, 0.05) is 23.1 Å². The minimum atomic E-state index is 0.159. The van der Waals surface area contributed by atoms with Crippen LogP contribution < -0.4 is 10.5 Å². The number of hydrogen-bond acceptors (Lipinski definition) is 3. The summed E-state index contributed by atoms with van der Waals surface area (Å²) in [5.41, 5.74) is 7.35. The van der Waals surface area contributed by atoms with E-state index in [1.54, 1.807) is 7.11 Å². The van der Waals surface area contributed by atoms with E-state index in [2.05, 4.69) is 54.7 Å². The van der Waals surface area contributed by atoms with Crippen LogP contribution in [0.25, 0.3) is 0 Å². The van der Waals surface area contributed by atoms with E-state index in [9.17, 15) is 0 Å². The second-order valence-electron chi connectivity index (χ2n) is 6.11. The van der Waals surface area contributed by atoms with Gasteiger partial charge in [-0.1, -0.05) is 36.7 Å². The van der Waals surface area contributed by atoms with Crippen molar-refractivity contribution < 1.29 is 4.74 Å². The second kappa shape index (κ2) is 6.73. The summed E-state index contributed by atoms with van der Waals surface area (Å²) in [5, 5.41) is 0. The summed E-state index contributed by atoms with van der Waals surface area (Å²) in [7, 11) is 3.81. The number of nitrogens with zero attached hydrogens (tertiary/aromatic N) is 1. The fraction of sp³-hybridized carbons (Fsp3) is 0.600. The highest BCUT2D eigenvalue weighted by Crippen LogP contribution is 2.32. The predicted molar refractivity (Wildman–Crippen MR) is 84.6 cm³/mol. The van der Waals surface area contributed by atoms with Gasteiger partial charge in [-0.25, -0.2) is 0 Å². The fourth-order valence-electron chi connectivity index (χ4n) is 2.37. The normalized spacial score (nSPS) is 13.7. The van der Waals surface area contributed by atoms with Gasteiger partial charge in [-0.3, -0.25) is 4.90 Å². The Balaban J connectivity index is 3.05. The molecule has 108 valence electrons. The van der Waals surface area contributed by atoms with Crippen LogP contribution in [0.15, 0.2) is 22.7 Å². The number of methoxy groups -OCH3 is 1. The quantitative estimate of drug-likeness (QED) is 0.899. The number of halogens is 1. The van der Waals surface area contributed by atoms with E-state index >= 15 is 0 Å². The van der Waals surface area contributed by atoms with Gasteiger partial charge in [0.05, 0.1) is 13.2 Å². The van der Waals surface area contributed by atoms with Crippen molar-refractivity contribution >= 4 is 15.9 Å². The number of ether oxygens (including phenoxy) is 1. The molecule has 2 N–H and O–H groups in total. The molecular formula is C15H25BrN2O. The zero-order chi connectivity index (χ0) is 14.6. The van der Waals surface area contributed by atoms with Crippen molar-refractivity contribution in [1.29, 1.82) is 0 Å². The van der Waals surface area contributed by atoms with E-state index in [1.807, 2.05) is 12.1 Å². The van der Waals surface area contributed by atoms with E-state index in [0.29, 0.717) is 6.54 Å². The maximum absolute atomic E-state index is 5.99. The molecule has 0 aromatic heterocycles. The lowest BCUT2D eigenvalue weighted by Gasteiger charge is -2.33. The summed E-state index contributed by atoms with van der Waals surface area (Å²) in [6, 6.07) is 6.22. The molecule has 1 rings (SSSR count). The van der Waals surface area contributed by atoms with Gasteiger partial charge in [0.15, 0.2) is 0 Å². The van der Waals surface area contributed by atoms with Crippen LogP contribution in [0.5, 0.6) is 5.75 Å². The molecule has 19 heavy (non-hydrogen) atoms. The molecule has 0 fully saturated rings. The average molecular weight is 329 g/mol. The minimum absolute atomic E-state index is 0.159. The van der Waals surface area contributed by atoms with Gasteiger partial charge < -0.3 is 10.5 Å². The molecule has 0 aliphatic heterocycles. The van der Waals surface area contributed by atoms with E-state index in [0.717, 1.165) is 22.3 Å². The Hall–Kier alpha value is -0.580. The standard InChI is InChI=1S/C15H25BrN2O/c1-15(2,3)10-18(4)13(9-17)12-8-11(16)6-7-14(12)19-5/h6-8,13H,9-10,17H2,1-5H3. The Morgan fingerprint density at radius 1 is 1.37 bits per heavy atom. The molecule has 0 saturated carbocycles. The maximum atomic E-state index is 5.99. The third-order valence-electron chi connectivity index (χ3n) is 3.03. The van der Waals surface area contributed by atoms with E-state index in [1.165, 1.54) is 0 Å². The lowest BCUT2D eigenvalue weighted by atomic mass is 9.94. The van der Waals surface area contributed by atoms with Crippen LogP contribution in [0.3, 0.4) is 0 Å². The number of likely N-dealkylation sites (N-methyl/N-ethyl adjacent to an activating group) is 1. The summed E-state index contributed by atoms with van der Waals surface area (Å²) in [6.07, 6.45) is 0. The molecule has 0 bridgehead atoms. The first-order chi connectivity index (χ1) is 8.78. The highest BCUT2D eigenvalue weighted by molar-refractivity contribution is 9.10. The summed E-state index contributed by atoms with van der Waals surface area (Å²) < 4.78 is 6.51. The lowest BCUT2D eigenvalue weighted by molar-refractivity contribution is 0.173. The van der Waals surface area contributed by atoms with Crippen molar-refractivity contribution in [3.8, 4) is 5.75 Å². The van der Waals surface area contributed by atoms with Gasteiger partial charge in [-0.05, 0) is 30.7 Å². The first-order valence-electron chi connectivity index (χ1n) is 6.52. The molecule has 1 aromatic carbocycles. The number of rotatable bonds is 5. The highest BCUT2D eigenvalue weighted by atomic mass is 79.9. The van der Waals surface area contributed by atoms with Gasteiger partial charge in [0.2, 0.25) is 0 Å². The molecule has 0 heterocycles. The molecule has 0 saturated heterocycles. The van der Waals surface area contributed by atoms with Crippen LogP contribution >= 0.6 is 15.9 Å². The fourth-order valence-corrected chi connectivity index (χ4v) is 2.75. The summed E-state index contributed by atoms with van der Waals surface area (Å²) >= 11 is 3.52. The molecule has 4 heteroatoms. The Labute approximate surface area is 125 Å². The van der Waals surface area contributed by atoms with E-state index in [4.69, 9.17) is 10.5 Å². The zero-order valence-electron chi connectivity index (χ0n) is 12.5. The van der Waals surface area contributed by atoms with Crippen LogP contribution in [0.1, 0.15) is 32.4 Å². The smallest absolute Gasteiger partial charge is 0.123 e. The second-order valence-corrected chi connectivity index (χ2v) is 7.03. The predicted octanol–water partition coefficient (Wildman–Crippen LogP) is 3.44. The Kier molecular flexibility index (Phi) is 5.83. The molecule has 0 radical (unpaired) electrons. The third kappa shape index (κ3) is 4.79. The number of hydrogen-bond donors (Lipinski definition) is 1. The third-order valence-corrected chi connectivity index (χ3v) is 3.52. The van der Waals surface area contributed by atoms with Gasteiger partial charge in [-0.15, -0.1) is 0 Å². The molecule has 0 aliphatic carbocycles. The topological polar surface area (TPSA) is 38.5 Å². The van der Waals surface area contributed by atoms with Crippen LogP contribution in [0.4, 0.5) is 0 Å². The van der Waals surface area contributed by atoms with Crippen molar-refractivity contribution in [2.24, 2.45) is 11.1 Å². The molecule has 1 aromatic rings. The van der Waals surface area contributed by atoms with Gasteiger partial charge >= 0.3 is 0 Å². The van der Waals surface area contributed by atoms with Gasteiger partial charge in [-0.2, -0.15) is 0 Å². The van der Waals surface area contributed by atoms with E-state index < -0.39 is 0 Å². The minimum Gasteiger partial charge on any atom is -0.496 e.